The van der Waals surface area contributed by atoms with E-state index in [2.05, 4.69) is 131 Å². The van der Waals surface area contributed by atoms with Gasteiger partial charge in [-0.3, -0.25) is 4.98 Å². The zero-order valence-corrected chi connectivity index (χ0v) is 31.0. The quantitative estimate of drug-likeness (QED) is 0.146. The van der Waals surface area contributed by atoms with Gasteiger partial charge in [-0.15, -0.1) is 0 Å². The number of allylic oxidation sites excluding steroid dienone is 4. The Morgan fingerprint density at radius 2 is 1.16 bits per heavy atom. The highest BCUT2D eigenvalue weighted by Crippen LogP contribution is 2.39. The zero-order valence-electron chi connectivity index (χ0n) is 31.0. The normalized spacial score (nSPS) is 12.0. The number of hydrogen-bond donors (Lipinski definition) is 0. The summed E-state index contributed by atoms with van der Waals surface area (Å²) in [7, 11) is 0. The summed E-state index contributed by atoms with van der Waals surface area (Å²) in [5, 5.41) is 5.71. The molecule has 0 atom stereocenters. The van der Waals surface area contributed by atoms with Crippen LogP contribution < -0.4 is 0 Å². The van der Waals surface area contributed by atoms with Crippen LogP contribution in [0.2, 0.25) is 0 Å². The van der Waals surface area contributed by atoms with Gasteiger partial charge in [0.2, 0.25) is 0 Å². The smallest absolute Gasteiger partial charge is 0.164 e. The molecule has 5 heteroatoms. The molecule has 0 bridgehead atoms. The lowest BCUT2D eigenvalue weighted by Crippen LogP contribution is -2.00. The molecule has 0 saturated heterocycles. The van der Waals surface area contributed by atoms with E-state index < -0.39 is 0 Å². The van der Waals surface area contributed by atoms with E-state index >= 15 is 0 Å². The minimum absolute atomic E-state index is 0.562. The van der Waals surface area contributed by atoms with E-state index in [-0.39, 0.29) is 0 Å². The maximum absolute atomic E-state index is 5.08. The van der Waals surface area contributed by atoms with E-state index in [0.717, 1.165) is 60.8 Å². The topological polar surface area (TPSA) is 56.5 Å². The molecule has 57 heavy (non-hydrogen) atoms. The molecule has 3 aromatic heterocycles. The fourth-order valence-corrected chi connectivity index (χ4v) is 7.90. The molecule has 5 nitrogen and oxygen atoms in total. The van der Waals surface area contributed by atoms with Crippen LogP contribution in [-0.2, 0) is 0 Å². The maximum Gasteiger partial charge on any atom is 0.164 e. The number of fused-ring (bicyclic) bond motifs is 5. The minimum Gasteiger partial charge on any atom is -0.309 e. The molecule has 0 N–H and O–H groups in total. The second-order valence-electron chi connectivity index (χ2n) is 13.9. The largest absolute Gasteiger partial charge is 0.309 e. The number of aromatic nitrogens is 5. The summed E-state index contributed by atoms with van der Waals surface area (Å²) >= 11 is 0. The molecule has 268 valence electrons. The summed E-state index contributed by atoms with van der Waals surface area (Å²) < 4.78 is 2.35. The van der Waals surface area contributed by atoms with Crippen molar-refractivity contribution in [3.8, 4) is 39.6 Å². The third kappa shape index (κ3) is 6.18. The van der Waals surface area contributed by atoms with Gasteiger partial charge in [-0.2, -0.15) is 0 Å². The lowest BCUT2D eigenvalue weighted by molar-refractivity contribution is 1.05. The first-order valence-electron chi connectivity index (χ1n) is 19.0. The van der Waals surface area contributed by atoms with Gasteiger partial charge in [0.1, 0.15) is 0 Å². The van der Waals surface area contributed by atoms with E-state index in [0.29, 0.717) is 17.5 Å². The first kappa shape index (κ1) is 33.8. The number of nitrogens with zero attached hydrogens (tertiary/aromatic N) is 5. The van der Waals surface area contributed by atoms with Crippen molar-refractivity contribution < 1.29 is 0 Å². The SMILES string of the molecule is C=C/C(=C\C=C\c1nc(-c2ccccc2)nc(-c2ccc(-c3ccc4c(c3)c3ccccc3n4-c3ccccc3)c3ccccc23)n1)c1ccnc2ccccc12. The molecule has 0 amide bonds. The van der Waals surface area contributed by atoms with Gasteiger partial charge in [-0.25, -0.2) is 15.0 Å². The molecule has 3 heterocycles. The highest BCUT2D eigenvalue weighted by atomic mass is 15.0. The van der Waals surface area contributed by atoms with Gasteiger partial charge in [0, 0.05) is 39.2 Å². The third-order valence-corrected chi connectivity index (χ3v) is 10.5. The van der Waals surface area contributed by atoms with Crippen molar-refractivity contribution in [2.24, 2.45) is 0 Å². The number of rotatable bonds is 8. The van der Waals surface area contributed by atoms with Crippen molar-refractivity contribution in [3.63, 3.8) is 0 Å². The first-order valence-corrected chi connectivity index (χ1v) is 19.0. The molecule has 10 aromatic rings. The summed E-state index contributed by atoms with van der Waals surface area (Å²) in [5.74, 6) is 1.79. The number of para-hydroxylation sites is 3. The molecule has 7 aromatic carbocycles. The molecule has 0 unspecified atom stereocenters. The second-order valence-corrected chi connectivity index (χ2v) is 13.9. The Bertz CT molecular complexity index is 3190. The van der Waals surface area contributed by atoms with Gasteiger partial charge >= 0.3 is 0 Å². The summed E-state index contributed by atoms with van der Waals surface area (Å²) in [6.45, 7) is 4.11. The second kappa shape index (κ2) is 14.5. The Kier molecular flexibility index (Phi) is 8.58. The van der Waals surface area contributed by atoms with Crippen LogP contribution in [0.4, 0.5) is 0 Å². The molecule has 0 radical (unpaired) electrons. The highest BCUT2D eigenvalue weighted by molar-refractivity contribution is 6.12. The van der Waals surface area contributed by atoms with Crippen molar-refractivity contribution in [3.05, 3.63) is 212 Å². The Morgan fingerprint density at radius 3 is 1.96 bits per heavy atom. The van der Waals surface area contributed by atoms with Gasteiger partial charge in [-0.1, -0.05) is 146 Å². The Balaban J connectivity index is 1.09. The standard InChI is InChI=1S/C52H35N5/c1-2-35(40-32-33-53-47-25-13-11-23-43(40)47)18-15-27-50-54-51(36-16-5-3-6-17-36)56-52(55-50)45-30-29-39(41-21-9-10-22-42(41)45)37-28-31-49-46(34-37)44-24-12-14-26-48(44)57(49)38-19-7-4-8-20-38/h2-34H,1H2/b27-15+,35-18+. The van der Waals surface area contributed by atoms with Crippen LogP contribution in [-0.4, -0.2) is 24.5 Å². The first-order chi connectivity index (χ1) is 28.2. The summed E-state index contributed by atoms with van der Waals surface area (Å²) in [4.78, 5) is 19.6. The number of pyridine rings is 1. The van der Waals surface area contributed by atoms with Gasteiger partial charge in [0.05, 0.1) is 16.6 Å². The predicted octanol–water partition coefficient (Wildman–Crippen LogP) is 13.0. The van der Waals surface area contributed by atoms with Crippen molar-refractivity contribution in [2.75, 3.05) is 0 Å². The molecule has 0 aliphatic rings. The Morgan fingerprint density at radius 1 is 0.509 bits per heavy atom. The van der Waals surface area contributed by atoms with Crippen molar-refractivity contribution in [1.82, 2.24) is 24.5 Å². The Labute approximate surface area is 330 Å². The minimum atomic E-state index is 0.562. The lowest BCUT2D eigenvalue weighted by atomic mass is 9.94. The number of hydrogen-bond acceptors (Lipinski definition) is 4. The molecule has 0 aliphatic carbocycles. The monoisotopic (exact) mass is 729 g/mol. The van der Waals surface area contributed by atoms with E-state index in [1.807, 2.05) is 85.1 Å². The van der Waals surface area contributed by atoms with Crippen LogP contribution in [0.1, 0.15) is 11.4 Å². The van der Waals surface area contributed by atoms with Gasteiger partial charge in [0.25, 0.3) is 0 Å². The number of benzene rings is 7. The highest BCUT2D eigenvalue weighted by Gasteiger charge is 2.17. The van der Waals surface area contributed by atoms with Gasteiger partial charge < -0.3 is 4.57 Å². The van der Waals surface area contributed by atoms with Crippen LogP contribution in [0.5, 0.6) is 0 Å². The molecule has 0 spiro atoms. The van der Waals surface area contributed by atoms with Crippen LogP contribution in [0.25, 0.3) is 94.7 Å². The zero-order chi connectivity index (χ0) is 38.1. The van der Waals surface area contributed by atoms with Crippen molar-refractivity contribution in [2.45, 2.75) is 0 Å². The van der Waals surface area contributed by atoms with Crippen LogP contribution in [0.3, 0.4) is 0 Å². The summed E-state index contributed by atoms with van der Waals surface area (Å²) in [5.41, 5.74) is 10.7. The van der Waals surface area contributed by atoms with Crippen LogP contribution >= 0.6 is 0 Å². The van der Waals surface area contributed by atoms with Crippen LogP contribution in [0.15, 0.2) is 201 Å². The van der Waals surface area contributed by atoms with E-state index in [1.54, 1.807) is 0 Å². The van der Waals surface area contributed by atoms with E-state index in [1.165, 1.54) is 21.8 Å². The van der Waals surface area contributed by atoms with Gasteiger partial charge in [0.15, 0.2) is 17.5 Å². The molecule has 0 saturated carbocycles. The molecule has 0 aliphatic heterocycles. The average molecular weight is 730 g/mol. The molecule has 10 rings (SSSR count). The van der Waals surface area contributed by atoms with Crippen molar-refractivity contribution >= 4 is 55.1 Å². The predicted molar refractivity (Wildman–Crippen MR) is 237 cm³/mol. The molecular formula is C52H35N5. The lowest BCUT2D eigenvalue weighted by Gasteiger charge is -2.13. The van der Waals surface area contributed by atoms with Crippen LogP contribution in [0, 0.1) is 0 Å². The van der Waals surface area contributed by atoms with Gasteiger partial charge in [-0.05, 0) is 87.6 Å². The summed E-state index contributed by atoms with van der Waals surface area (Å²) in [6, 6.07) is 59.1. The Hall–Kier alpha value is -7.76. The van der Waals surface area contributed by atoms with Crippen molar-refractivity contribution in [1.29, 1.82) is 0 Å². The van der Waals surface area contributed by atoms with E-state index in [4.69, 9.17) is 15.0 Å². The van der Waals surface area contributed by atoms with E-state index in [9.17, 15) is 0 Å². The third-order valence-electron chi connectivity index (χ3n) is 10.5. The fraction of sp³-hybridized carbons (Fsp3) is 0. The molecular weight excluding hydrogens is 695 g/mol. The summed E-state index contributed by atoms with van der Waals surface area (Å²) in [6.07, 6.45) is 9.65. The molecule has 0 fully saturated rings. The fourth-order valence-electron chi connectivity index (χ4n) is 7.90. The maximum atomic E-state index is 5.08. The average Bonchev–Trinajstić information content (AvgIpc) is 3.61.